The van der Waals surface area contributed by atoms with Gasteiger partial charge in [-0.1, -0.05) is 57.8 Å². The van der Waals surface area contributed by atoms with Crippen LogP contribution in [0.25, 0.3) is 0 Å². The zero-order valence-corrected chi connectivity index (χ0v) is 10.2. The van der Waals surface area contributed by atoms with Crippen molar-refractivity contribution in [1.82, 2.24) is 0 Å². The number of hydrogen-bond donors (Lipinski definition) is 2. The third-order valence-corrected chi connectivity index (χ3v) is 3.64. The first-order chi connectivity index (χ1) is 7.65. The molecule has 0 unspecified atom stereocenters. The molecule has 0 aromatic carbocycles. The van der Waals surface area contributed by atoms with E-state index < -0.39 is 11.5 Å². The molecule has 0 aromatic rings. The van der Waals surface area contributed by atoms with Crippen LogP contribution in [0.2, 0.25) is 0 Å². The molecule has 0 saturated heterocycles. The first-order valence-electron chi connectivity index (χ1n) is 6.67. The molecule has 1 amide bonds. The second kappa shape index (κ2) is 6.89. The molecule has 0 bridgehead atoms. The van der Waals surface area contributed by atoms with Crippen LogP contribution in [0.5, 0.6) is 0 Å². The van der Waals surface area contributed by atoms with Crippen molar-refractivity contribution < 1.29 is 9.90 Å². The Morgan fingerprint density at radius 1 is 0.812 bits per heavy atom. The van der Waals surface area contributed by atoms with E-state index in [9.17, 15) is 9.90 Å². The number of hydrogen-bond acceptors (Lipinski definition) is 2. The van der Waals surface area contributed by atoms with Gasteiger partial charge in [0.25, 0.3) is 0 Å². The van der Waals surface area contributed by atoms with Crippen molar-refractivity contribution in [2.24, 2.45) is 5.73 Å². The van der Waals surface area contributed by atoms with E-state index in [1.54, 1.807) is 0 Å². The van der Waals surface area contributed by atoms with Crippen molar-refractivity contribution in [3.63, 3.8) is 0 Å². The number of rotatable bonds is 1. The van der Waals surface area contributed by atoms with E-state index in [1.165, 1.54) is 32.1 Å². The van der Waals surface area contributed by atoms with Gasteiger partial charge < -0.3 is 10.8 Å². The lowest BCUT2D eigenvalue weighted by atomic mass is 9.88. The molecule has 3 heteroatoms. The zero-order chi connectivity index (χ0) is 11.9. The highest BCUT2D eigenvalue weighted by Crippen LogP contribution is 2.24. The van der Waals surface area contributed by atoms with Crippen LogP contribution in [0.4, 0.5) is 0 Å². The van der Waals surface area contributed by atoms with Gasteiger partial charge in [-0.05, 0) is 12.8 Å². The number of aliphatic hydroxyl groups is 1. The number of nitrogens with two attached hydrogens (primary N) is 1. The van der Waals surface area contributed by atoms with E-state index >= 15 is 0 Å². The van der Waals surface area contributed by atoms with Crippen LogP contribution in [0, 0.1) is 0 Å². The molecule has 0 spiro atoms. The van der Waals surface area contributed by atoms with Crippen LogP contribution in [0.15, 0.2) is 0 Å². The fourth-order valence-corrected chi connectivity index (χ4v) is 2.44. The molecule has 1 rings (SSSR count). The summed E-state index contributed by atoms with van der Waals surface area (Å²) < 4.78 is 0. The lowest BCUT2D eigenvalue weighted by Gasteiger charge is -2.25. The smallest absolute Gasteiger partial charge is 0.249 e. The van der Waals surface area contributed by atoms with E-state index in [0.29, 0.717) is 12.8 Å². The predicted octanol–water partition coefficient (Wildman–Crippen LogP) is 2.51. The highest BCUT2D eigenvalue weighted by atomic mass is 16.3. The molecule has 0 atom stereocenters. The van der Waals surface area contributed by atoms with E-state index in [0.717, 1.165) is 25.7 Å². The van der Waals surface area contributed by atoms with E-state index in [-0.39, 0.29) is 0 Å². The van der Waals surface area contributed by atoms with E-state index in [1.807, 2.05) is 0 Å². The molecular weight excluding hydrogens is 202 g/mol. The van der Waals surface area contributed by atoms with Gasteiger partial charge in [0.1, 0.15) is 5.60 Å². The molecular formula is C13H25NO2. The van der Waals surface area contributed by atoms with Gasteiger partial charge in [0.2, 0.25) is 5.91 Å². The Morgan fingerprint density at radius 3 is 1.44 bits per heavy atom. The monoisotopic (exact) mass is 227 g/mol. The van der Waals surface area contributed by atoms with Gasteiger partial charge in [-0.3, -0.25) is 4.79 Å². The highest BCUT2D eigenvalue weighted by Gasteiger charge is 2.32. The van der Waals surface area contributed by atoms with Gasteiger partial charge in [0.15, 0.2) is 0 Å². The summed E-state index contributed by atoms with van der Waals surface area (Å²) in [5.41, 5.74) is 4.06. The van der Waals surface area contributed by atoms with Crippen LogP contribution in [0.3, 0.4) is 0 Å². The van der Waals surface area contributed by atoms with Crippen LogP contribution >= 0.6 is 0 Å². The molecule has 0 heterocycles. The molecule has 1 aliphatic carbocycles. The maximum absolute atomic E-state index is 11.3. The molecule has 1 aliphatic rings. The molecule has 3 N–H and O–H groups in total. The molecule has 0 aliphatic heterocycles. The quantitative estimate of drug-likeness (QED) is 0.723. The van der Waals surface area contributed by atoms with Gasteiger partial charge in [-0.15, -0.1) is 0 Å². The fourth-order valence-electron chi connectivity index (χ4n) is 2.44. The standard InChI is InChI=1S/C13H25NO2/c14-12(15)13(16)10-8-6-4-2-1-3-5-7-9-11-13/h16H,1-11H2,(H2,14,15). The summed E-state index contributed by atoms with van der Waals surface area (Å²) in [6.07, 6.45) is 11.5. The van der Waals surface area contributed by atoms with Crippen molar-refractivity contribution in [2.45, 2.75) is 76.2 Å². The maximum Gasteiger partial charge on any atom is 0.249 e. The molecule has 0 aromatic heterocycles. The third-order valence-electron chi connectivity index (χ3n) is 3.64. The highest BCUT2D eigenvalue weighted by molar-refractivity contribution is 5.83. The van der Waals surface area contributed by atoms with Gasteiger partial charge in [-0.25, -0.2) is 0 Å². The minimum absolute atomic E-state index is 0.537. The lowest BCUT2D eigenvalue weighted by molar-refractivity contribution is -0.138. The first kappa shape index (κ1) is 13.5. The van der Waals surface area contributed by atoms with Gasteiger partial charge in [0, 0.05) is 0 Å². The number of primary amides is 1. The molecule has 1 saturated carbocycles. The summed E-state index contributed by atoms with van der Waals surface area (Å²) in [6, 6.07) is 0. The Kier molecular flexibility index (Phi) is 5.81. The number of carbonyl (C=O) groups is 1. The third kappa shape index (κ3) is 4.52. The second-order valence-corrected chi connectivity index (χ2v) is 5.08. The van der Waals surface area contributed by atoms with Crippen LogP contribution < -0.4 is 5.73 Å². The molecule has 0 radical (unpaired) electrons. The summed E-state index contributed by atoms with van der Waals surface area (Å²) in [7, 11) is 0. The van der Waals surface area contributed by atoms with E-state index in [4.69, 9.17) is 5.73 Å². The maximum atomic E-state index is 11.3. The summed E-state index contributed by atoms with van der Waals surface area (Å²) in [5.74, 6) is -0.537. The Labute approximate surface area is 98.4 Å². The molecule has 94 valence electrons. The van der Waals surface area contributed by atoms with Crippen molar-refractivity contribution in [2.75, 3.05) is 0 Å². The normalized spacial score (nSPS) is 24.1. The van der Waals surface area contributed by atoms with E-state index in [2.05, 4.69) is 0 Å². The van der Waals surface area contributed by atoms with Crippen LogP contribution in [0.1, 0.15) is 70.6 Å². The zero-order valence-electron chi connectivity index (χ0n) is 10.2. The Morgan fingerprint density at radius 2 is 1.12 bits per heavy atom. The van der Waals surface area contributed by atoms with Gasteiger partial charge in [-0.2, -0.15) is 0 Å². The molecule has 16 heavy (non-hydrogen) atoms. The first-order valence-corrected chi connectivity index (χ1v) is 6.67. The van der Waals surface area contributed by atoms with Crippen molar-refractivity contribution >= 4 is 5.91 Å². The summed E-state index contributed by atoms with van der Waals surface area (Å²) in [4.78, 5) is 11.3. The Balaban J connectivity index is 2.45. The Hall–Kier alpha value is -0.570. The average molecular weight is 227 g/mol. The summed E-state index contributed by atoms with van der Waals surface area (Å²) in [5, 5.41) is 10.2. The van der Waals surface area contributed by atoms with Crippen molar-refractivity contribution in [1.29, 1.82) is 0 Å². The SMILES string of the molecule is NC(=O)C1(O)CCCCCCCCCCC1. The molecule has 1 fully saturated rings. The van der Waals surface area contributed by atoms with Gasteiger partial charge in [0.05, 0.1) is 0 Å². The minimum atomic E-state index is -1.24. The van der Waals surface area contributed by atoms with Crippen molar-refractivity contribution in [3.8, 4) is 0 Å². The summed E-state index contributed by atoms with van der Waals surface area (Å²) >= 11 is 0. The summed E-state index contributed by atoms with van der Waals surface area (Å²) in [6.45, 7) is 0. The predicted molar refractivity (Wildman–Crippen MR) is 64.9 cm³/mol. The number of carbonyl (C=O) groups excluding carboxylic acids is 1. The largest absolute Gasteiger partial charge is 0.380 e. The van der Waals surface area contributed by atoms with Crippen LogP contribution in [-0.2, 0) is 4.79 Å². The second-order valence-electron chi connectivity index (χ2n) is 5.08. The van der Waals surface area contributed by atoms with Crippen molar-refractivity contribution in [3.05, 3.63) is 0 Å². The molecule has 3 nitrogen and oxygen atoms in total. The lowest BCUT2D eigenvalue weighted by Crippen LogP contribution is -2.43. The minimum Gasteiger partial charge on any atom is -0.380 e. The topological polar surface area (TPSA) is 63.3 Å². The average Bonchev–Trinajstić information content (AvgIpc) is 2.23. The number of amides is 1. The Bertz CT molecular complexity index is 204. The van der Waals surface area contributed by atoms with Crippen LogP contribution in [-0.4, -0.2) is 16.6 Å². The fraction of sp³-hybridized carbons (Fsp3) is 0.923. The van der Waals surface area contributed by atoms with Gasteiger partial charge >= 0.3 is 0 Å².